The fourth-order valence-corrected chi connectivity index (χ4v) is 1.20. The molecule has 0 bridgehead atoms. The minimum atomic E-state index is -0.222. The normalized spacial score (nSPS) is 25.3. The monoisotopic (exact) mass is 156 g/mol. The van der Waals surface area contributed by atoms with E-state index in [1.54, 1.807) is 6.08 Å². The SMILES string of the molecule is CC1C=C(CO)C(O)=C(O)C1. The third-order valence-corrected chi connectivity index (χ3v) is 1.75. The van der Waals surface area contributed by atoms with E-state index in [4.69, 9.17) is 15.3 Å². The Labute approximate surface area is 65.3 Å². The Hall–Kier alpha value is -0.960. The van der Waals surface area contributed by atoms with Crippen molar-refractivity contribution in [2.45, 2.75) is 13.3 Å². The lowest BCUT2D eigenvalue weighted by atomic mass is 9.95. The van der Waals surface area contributed by atoms with Crippen molar-refractivity contribution in [3.05, 3.63) is 23.2 Å². The summed E-state index contributed by atoms with van der Waals surface area (Å²) in [4.78, 5) is 0. The highest BCUT2D eigenvalue weighted by molar-refractivity contribution is 5.31. The lowest BCUT2D eigenvalue weighted by molar-refractivity contribution is 0.272. The minimum absolute atomic E-state index is 0.0240. The van der Waals surface area contributed by atoms with Crippen molar-refractivity contribution in [2.75, 3.05) is 6.61 Å². The van der Waals surface area contributed by atoms with Gasteiger partial charge in [-0.15, -0.1) is 0 Å². The molecule has 0 heterocycles. The summed E-state index contributed by atoms with van der Waals surface area (Å²) in [5.74, 6) is 0.00250. The molecular formula is C8H12O3. The Morgan fingerprint density at radius 3 is 2.73 bits per heavy atom. The number of aliphatic hydroxyl groups is 3. The number of hydrogen-bond donors (Lipinski definition) is 3. The fourth-order valence-electron chi connectivity index (χ4n) is 1.20. The molecule has 1 rings (SSSR count). The maximum absolute atomic E-state index is 9.16. The molecule has 3 heteroatoms. The van der Waals surface area contributed by atoms with Gasteiger partial charge in [0.15, 0.2) is 5.76 Å². The van der Waals surface area contributed by atoms with Crippen LogP contribution >= 0.6 is 0 Å². The van der Waals surface area contributed by atoms with Gasteiger partial charge in [-0.25, -0.2) is 0 Å². The van der Waals surface area contributed by atoms with Crippen molar-refractivity contribution < 1.29 is 15.3 Å². The van der Waals surface area contributed by atoms with E-state index in [2.05, 4.69) is 0 Å². The number of hydrogen-bond acceptors (Lipinski definition) is 3. The molecule has 1 aliphatic carbocycles. The van der Waals surface area contributed by atoms with E-state index in [-0.39, 0.29) is 24.0 Å². The third kappa shape index (κ3) is 1.54. The first-order valence-corrected chi connectivity index (χ1v) is 3.58. The van der Waals surface area contributed by atoms with Crippen LogP contribution in [0.25, 0.3) is 0 Å². The van der Waals surface area contributed by atoms with Crippen LogP contribution in [-0.2, 0) is 0 Å². The van der Waals surface area contributed by atoms with Gasteiger partial charge in [0, 0.05) is 12.0 Å². The lowest BCUT2D eigenvalue weighted by Crippen LogP contribution is -2.09. The molecule has 0 aromatic heterocycles. The predicted molar refractivity (Wildman–Crippen MR) is 41.2 cm³/mol. The summed E-state index contributed by atoms with van der Waals surface area (Å²) in [6, 6.07) is 0. The molecule has 0 spiro atoms. The first-order chi connectivity index (χ1) is 5.15. The highest BCUT2D eigenvalue weighted by Gasteiger charge is 2.17. The second-order valence-corrected chi connectivity index (χ2v) is 2.83. The molecule has 1 atom stereocenters. The zero-order valence-electron chi connectivity index (χ0n) is 6.41. The second-order valence-electron chi connectivity index (χ2n) is 2.83. The first-order valence-electron chi connectivity index (χ1n) is 3.58. The Morgan fingerprint density at radius 2 is 2.18 bits per heavy atom. The van der Waals surface area contributed by atoms with E-state index in [1.807, 2.05) is 6.92 Å². The van der Waals surface area contributed by atoms with Crippen molar-refractivity contribution in [3.63, 3.8) is 0 Å². The average Bonchev–Trinajstić information content (AvgIpc) is 1.96. The van der Waals surface area contributed by atoms with Crippen LogP contribution in [0.4, 0.5) is 0 Å². The predicted octanol–water partition coefficient (Wildman–Crippen LogP) is 1.27. The van der Waals surface area contributed by atoms with Gasteiger partial charge in [0.1, 0.15) is 5.76 Å². The van der Waals surface area contributed by atoms with Crippen molar-refractivity contribution >= 4 is 0 Å². The van der Waals surface area contributed by atoms with Gasteiger partial charge in [0.25, 0.3) is 0 Å². The van der Waals surface area contributed by atoms with Crippen LogP contribution in [-0.4, -0.2) is 21.9 Å². The zero-order valence-corrected chi connectivity index (χ0v) is 6.41. The van der Waals surface area contributed by atoms with E-state index in [1.165, 1.54) is 0 Å². The minimum Gasteiger partial charge on any atom is -0.508 e. The van der Waals surface area contributed by atoms with Crippen LogP contribution in [0.2, 0.25) is 0 Å². The van der Waals surface area contributed by atoms with Gasteiger partial charge in [-0.1, -0.05) is 13.0 Å². The van der Waals surface area contributed by atoms with Crippen molar-refractivity contribution in [1.29, 1.82) is 0 Å². The maximum atomic E-state index is 9.16. The molecule has 3 nitrogen and oxygen atoms in total. The molecule has 11 heavy (non-hydrogen) atoms. The fraction of sp³-hybridized carbons (Fsp3) is 0.500. The Balaban J connectivity index is 2.90. The molecule has 1 aliphatic rings. The summed E-state index contributed by atoms with van der Waals surface area (Å²) < 4.78 is 0. The molecule has 0 radical (unpaired) electrons. The van der Waals surface area contributed by atoms with E-state index in [9.17, 15) is 0 Å². The van der Waals surface area contributed by atoms with Gasteiger partial charge in [-0.3, -0.25) is 0 Å². The summed E-state index contributed by atoms with van der Waals surface area (Å²) in [5, 5.41) is 27.0. The van der Waals surface area contributed by atoms with E-state index in [0.29, 0.717) is 12.0 Å². The second kappa shape index (κ2) is 2.96. The number of aliphatic hydroxyl groups excluding tert-OH is 3. The van der Waals surface area contributed by atoms with Crippen LogP contribution in [0.3, 0.4) is 0 Å². The summed E-state index contributed by atoms with van der Waals surface area (Å²) in [6.45, 7) is 1.69. The summed E-state index contributed by atoms with van der Waals surface area (Å²) in [7, 11) is 0. The molecule has 0 aromatic rings. The third-order valence-electron chi connectivity index (χ3n) is 1.75. The Morgan fingerprint density at radius 1 is 1.55 bits per heavy atom. The van der Waals surface area contributed by atoms with E-state index >= 15 is 0 Å². The van der Waals surface area contributed by atoms with Crippen LogP contribution in [0.1, 0.15) is 13.3 Å². The van der Waals surface area contributed by atoms with Crippen molar-refractivity contribution in [3.8, 4) is 0 Å². The lowest BCUT2D eigenvalue weighted by Gasteiger charge is -2.16. The average molecular weight is 156 g/mol. The van der Waals surface area contributed by atoms with Crippen molar-refractivity contribution in [2.24, 2.45) is 5.92 Å². The molecule has 0 aromatic carbocycles. The van der Waals surface area contributed by atoms with Gasteiger partial charge in [0.2, 0.25) is 0 Å². The molecule has 3 N–H and O–H groups in total. The Bertz CT molecular complexity index is 215. The van der Waals surface area contributed by atoms with Crippen LogP contribution < -0.4 is 0 Å². The largest absolute Gasteiger partial charge is 0.508 e. The number of allylic oxidation sites excluding steroid dienone is 2. The highest BCUT2D eigenvalue weighted by atomic mass is 16.3. The number of rotatable bonds is 1. The van der Waals surface area contributed by atoms with Gasteiger partial charge >= 0.3 is 0 Å². The van der Waals surface area contributed by atoms with Crippen LogP contribution in [0.5, 0.6) is 0 Å². The molecular weight excluding hydrogens is 144 g/mol. The standard InChI is InChI=1S/C8H12O3/c1-5-2-6(4-9)8(11)7(10)3-5/h2,5,9-11H,3-4H2,1H3. The molecule has 1 unspecified atom stereocenters. The smallest absolute Gasteiger partial charge is 0.158 e. The molecule has 0 amide bonds. The van der Waals surface area contributed by atoms with Gasteiger partial charge in [-0.2, -0.15) is 0 Å². The van der Waals surface area contributed by atoms with Crippen LogP contribution in [0.15, 0.2) is 23.2 Å². The summed E-state index contributed by atoms with van der Waals surface area (Å²) in [5.41, 5.74) is 0.418. The highest BCUT2D eigenvalue weighted by Crippen LogP contribution is 2.24. The van der Waals surface area contributed by atoms with Gasteiger partial charge in [0.05, 0.1) is 6.61 Å². The van der Waals surface area contributed by atoms with E-state index < -0.39 is 0 Å². The van der Waals surface area contributed by atoms with Crippen LogP contribution in [0, 0.1) is 5.92 Å². The molecule has 0 aliphatic heterocycles. The maximum Gasteiger partial charge on any atom is 0.158 e. The first kappa shape index (κ1) is 8.14. The van der Waals surface area contributed by atoms with Crippen molar-refractivity contribution in [1.82, 2.24) is 0 Å². The molecule has 62 valence electrons. The Kier molecular flexibility index (Phi) is 2.19. The molecule has 0 fully saturated rings. The molecule has 0 saturated heterocycles. The van der Waals surface area contributed by atoms with E-state index in [0.717, 1.165) is 0 Å². The topological polar surface area (TPSA) is 60.7 Å². The quantitative estimate of drug-likeness (QED) is 0.535. The zero-order chi connectivity index (χ0) is 8.43. The molecule has 0 saturated carbocycles. The summed E-state index contributed by atoms with van der Waals surface area (Å²) >= 11 is 0. The summed E-state index contributed by atoms with van der Waals surface area (Å²) in [6.07, 6.45) is 2.21. The van der Waals surface area contributed by atoms with Gasteiger partial charge < -0.3 is 15.3 Å². The van der Waals surface area contributed by atoms with Gasteiger partial charge in [-0.05, 0) is 5.92 Å².